The van der Waals surface area contributed by atoms with Gasteiger partial charge in [-0.15, -0.1) is 0 Å². The van der Waals surface area contributed by atoms with E-state index in [-0.39, 0.29) is 0 Å². The van der Waals surface area contributed by atoms with Gasteiger partial charge in [-0.05, 0) is 24.4 Å². The van der Waals surface area contributed by atoms with Crippen molar-refractivity contribution in [2.75, 3.05) is 7.05 Å². The average molecular weight is 291 g/mol. The number of hydrogen-bond acceptors (Lipinski definition) is 4. The maximum absolute atomic E-state index is 6.67. The second-order valence-corrected chi connectivity index (χ2v) is 5.42. The van der Waals surface area contributed by atoms with Crippen molar-refractivity contribution in [3.8, 4) is 0 Å². The Morgan fingerprint density at radius 2 is 1.91 bits per heavy atom. The van der Waals surface area contributed by atoms with E-state index in [0.717, 1.165) is 33.2 Å². The van der Waals surface area contributed by atoms with Crippen LogP contribution in [0, 0.1) is 0 Å². The highest BCUT2D eigenvalue weighted by molar-refractivity contribution is 6.06. The lowest BCUT2D eigenvalue weighted by Gasteiger charge is -2.34. The normalized spacial score (nSPS) is 20.9. The summed E-state index contributed by atoms with van der Waals surface area (Å²) in [6.07, 6.45) is 5.75. The summed E-state index contributed by atoms with van der Waals surface area (Å²) >= 11 is 0. The largest absolute Gasteiger partial charge is 0.456 e. The van der Waals surface area contributed by atoms with Crippen LogP contribution in [0.4, 0.5) is 0 Å². The monoisotopic (exact) mass is 291 g/mol. The molecule has 2 aromatic carbocycles. The zero-order chi connectivity index (χ0) is 15.2. The van der Waals surface area contributed by atoms with Crippen LogP contribution in [-0.4, -0.2) is 7.05 Å². The minimum atomic E-state index is -0.836. The SMILES string of the molecule is CNC1=CC=CNC1(N)c1cccc2c1oc1ccccc12. The second kappa shape index (κ2) is 4.64. The lowest BCUT2D eigenvalue weighted by atomic mass is 9.93. The van der Waals surface area contributed by atoms with Gasteiger partial charge in [0, 0.05) is 23.4 Å². The topological polar surface area (TPSA) is 63.2 Å². The van der Waals surface area contributed by atoms with Gasteiger partial charge in [-0.3, -0.25) is 5.73 Å². The molecule has 1 atom stereocenters. The molecule has 0 aliphatic carbocycles. The number of allylic oxidation sites excluding steroid dienone is 2. The van der Waals surface area contributed by atoms with E-state index in [2.05, 4.69) is 22.8 Å². The number of rotatable bonds is 2. The van der Waals surface area contributed by atoms with Gasteiger partial charge in [-0.25, -0.2) is 0 Å². The highest BCUT2D eigenvalue weighted by Gasteiger charge is 2.34. The average Bonchev–Trinajstić information content (AvgIpc) is 2.93. The molecule has 2 heterocycles. The zero-order valence-corrected chi connectivity index (χ0v) is 12.3. The number of dihydropyridines is 1. The van der Waals surface area contributed by atoms with E-state index in [1.807, 2.05) is 55.7 Å². The Labute approximate surface area is 128 Å². The Kier molecular flexibility index (Phi) is 2.74. The fourth-order valence-electron chi connectivity index (χ4n) is 3.09. The van der Waals surface area contributed by atoms with Crippen molar-refractivity contribution in [3.05, 3.63) is 72.1 Å². The highest BCUT2D eigenvalue weighted by Crippen LogP contribution is 2.36. The molecule has 1 aromatic heterocycles. The third kappa shape index (κ3) is 1.68. The van der Waals surface area contributed by atoms with Crippen LogP contribution in [0.25, 0.3) is 21.9 Å². The molecule has 4 N–H and O–H groups in total. The fourth-order valence-corrected chi connectivity index (χ4v) is 3.09. The van der Waals surface area contributed by atoms with Gasteiger partial charge in [-0.1, -0.05) is 36.4 Å². The van der Waals surface area contributed by atoms with E-state index in [1.54, 1.807) is 0 Å². The molecular weight excluding hydrogens is 274 g/mol. The summed E-state index contributed by atoms with van der Waals surface area (Å²) in [7, 11) is 1.87. The summed E-state index contributed by atoms with van der Waals surface area (Å²) in [5.41, 5.74) is 9.32. The van der Waals surface area contributed by atoms with Gasteiger partial charge >= 0.3 is 0 Å². The third-order valence-electron chi connectivity index (χ3n) is 4.19. The summed E-state index contributed by atoms with van der Waals surface area (Å²) in [5.74, 6) is 0. The van der Waals surface area contributed by atoms with Gasteiger partial charge in [0.25, 0.3) is 0 Å². The minimum Gasteiger partial charge on any atom is -0.456 e. The molecule has 4 nitrogen and oxygen atoms in total. The van der Waals surface area contributed by atoms with E-state index < -0.39 is 5.66 Å². The minimum absolute atomic E-state index is 0.815. The molecule has 3 aromatic rings. The maximum atomic E-state index is 6.67. The highest BCUT2D eigenvalue weighted by atomic mass is 16.3. The Morgan fingerprint density at radius 3 is 2.77 bits per heavy atom. The smallest absolute Gasteiger partial charge is 0.157 e. The molecule has 0 radical (unpaired) electrons. The number of nitrogens with two attached hydrogens (primary N) is 1. The van der Waals surface area contributed by atoms with Crippen LogP contribution in [0.2, 0.25) is 0 Å². The van der Waals surface area contributed by atoms with E-state index in [9.17, 15) is 0 Å². The predicted octanol–water partition coefficient (Wildman–Crippen LogP) is 2.92. The molecule has 110 valence electrons. The molecule has 4 heteroatoms. The summed E-state index contributed by atoms with van der Waals surface area (Å²) in [6.45, 7) is 0. The Balaban J connectivity index is 2.03. The molecule has 1 aliphatic rings. The van der Waals surface area contributed by atoms with E-state index in [4.69, 9.17) is 10.2 Å². The third-order valence-corrected chi connectivity index (χ3v) is 4.19. The molecule has 0 bridgehead atoms. The molecule has 0 saturated carbocycles. The van der Waals surface area contributed by atoms with Crippen molar-refractivity contribution in [2.45, 2.75) is 5.66 Å². The first kappa shape index (κ1) is 13.0. The summed E-state index contributed by atoms with van der Waals surface area (Å²) in [6, 6.07) is 14.1. The number of fused-ring (bicyclic) bond motifs is 3. The Hall–Kier alpha value is -2.72. The number of likely N-dealkylation sites (N-methyl/N-ethyl adjacent to an activating group) is 1. The number of nitrogens with one attached hydrogen (secondary N) is 2. The standard InChI is InChI=1S/C18H17N3O/c1-20-16-10-5-11-21-18(16,19)14-8-4-7-13-12-6-2-3-9-15(12)22-17(13)14/h2-11,20-21H,19H2,1H3. The van der Waals surface area contributed by atoms with Crippen molar-refractivity contribution in [1.29, 1.82) is 0 Å². The maximum Gasteiger partial charge on any atom is 0.157 e. The molecule has 22 heavy (non-hydrogen) atoms. The van der Waals surface area contributed by atoms with Crippen molar-refractivity contribution in [2.24, 2.45) is 5.73 Å². The summed E-state index contributed by atoms with van der Waals surface area (Å²) in [5, 5.41) is 8.60. The van der Waals surface area contributed by atoms with Crippen LogP contribution in [0.15, 0.2) is 70.9 Å². The molecule has 1 unspecified atom stereocenters. The number of hydrogen-bond donors (Lipinski definition) is 3. The van der Waals surface area contributed by atoms with Gasteiger partial charge in [0.2, 0.25) is 0 Å². The number of benzene rings is 2. The van der Waals surface area contributed by atoms with Gasteiger partial charge in [0.15, 0.2) is 5.66 Å². The lowest BCUT2D eigenvalue weighted by molar-refractivity contribution is 0.435. The van der Waals surface area contributed by atoms with E-state index >= 15 is 0 Å². The molecule has 0 fully saturated rings. The van der Waals surface area contributed by atoms with Crippen molar-refractivity contribution < 1.29 is 4.42 Å². The first-order valence-corrected chi connectivity index (χ1v) is 7.26. The van der Waals surface area contributed by atoms with Gasteiger partial charge in [-0.2, -0.15) is 0 Å². The quantitative estimate of drug-likeness (QED) is 0.679. The first-order chi connectivity index (χ1) is 10.7. The Bertz CT molecular complexity index is 922. The van der Waals surface area contributed by atoms with Crippen LogP contribution < -0.4 is 16.4 Å². The Morgan fingerprint density at radius 1 is 1.09 bits per heavy atom. The van der Waals surface area contributed by atoms with Gasteiger partial charge in [0.05, 0.1) is 5.70 Å². The molecule has 0 saturated heterocycles. The lowest BCUT2D eigenvalue weighted by Crippen LogP contribution is -2.53. The van der Waals surface area contributed by atoms with Crippen molar-refractivity contribution in [1.82, 2.24) is 10.6 Å². The molecule has 0 amide bonds. The van der Waals surface area contributed by atoms with Crippen LogP contribution in [0.3, 0.4) is 0 Å². The van der Waals surface area contributed by atoms with Crippen molar-refractivity contribution in [3.63, 3.8) is 0 Å². The van der Waals surface area contributed by atoms with Crippen LogP contribution in [0.1, 0.15) is 5.56 Å². The van der Waals surface area contributed by atoms with Crippen molar-refractivity contribution >= 4 is 21.9 Å². The van der Waals surface area contributed by atoms with Gasteiger partial charge < -0.3 is 15.1 Å². The molecule has 1 aliphatic heterocycles. The number of furan rings is 1. The van der Waals surface area contributed by atoms with Crippen LogP contribution in [0.5, 0.6) is 0 Å². The second-order valence-electron chi connectivity index (χ2n) is 5.42. The van der Waals surface area contributed by atoms with Gasteiger partial charge in [0.1, 0.15) is 11.2 Å². The first-order valence-electron chi connectivity index (χ1n) is 7.26. The van der Waals surface area contributed by atoms with E-state index in [0.29, 0.717) is 0 Å². The summed E-state index contributed by atoms with van der Waals surface area (Å²) < 4.78 is 6.10. The molecule has 4 rings (SSSR count). The van der Waals surface area contributed by atoms with E-state index in [1.165, 1.54) is 0 Å². The molecule has 0 spiro atoms. The predicted molar refractivity (Wildman–Crippen MR) is 89.0 cm³/mol. The summed E-state index contributed by atoms with van der Waals surface area (Å²) in [4.78, 5) is 0. The molecular formula is C18H17N3O. The van der Waals surface area contributed by atoms with Crippen LogP contribution >= 0.6 is 0 Å². The number of para-hydroxylation sites is 2. The van der Waals surface area contributed by atoms with Crippen LogP contribution in [-0.2, 0) is 5.66 Å². The zero-order valence-electron chi connectivity index (χ0n) is 12.3. The fraction of sp³-hybridized carbons (Fsp3) is 0.111.